The van der Waals surface area contributed by atoms with Crippen LogP contribution in [0, 0.1) is 29.1 Å². The molecule has 0 saturated carbocycles. The van der Waals surface area contributed by atoms with Crippen molar-refractivity contribution in [3.63, 3.8) is 0 Å². The van der Waals surface area contributed by atoms with Crippen molar-refractivity contribution >= 4 is 82.6 Å². The number of fused-ring (bicyclic) bond motifs is 10. The molecule has 1 aliphatic heterocycles. The molecule has 0 radical (unpaired) electrons. The lowest BCUT2D eigenvalue weighted by molar-refractivity contribution is 0.381. The number of nitrogens with zero attached hydrogens (tertiary/aromatic N) is 1. The summed E-state index contributed by atoms with van der Waals surface area (Å²) in [5, 5.41) is 1.02. The maximum Gasteiger partial charge on any atom is 0.200 e. The van der Waals surface area contributed by atoms with Gasteiger partial charge in [-0.15, -0.1) is 11.3 Å². The smallest absolute Gasteiger partial charge is 0.200 e. The Bertz CT molecular complexity index is 2780. The highest BCUT2D eigenvalue weighted by Gasteiger charge is 2.29. The Morgan fingerprint density at radius 2 is 1.00 bits per heavy atom. The Kier molecular flexibility index (Phi) is 7.04. The van der Waals surface area contributed by atoms with Crippen LogP contribution in [0.1, 0.15) is 11.4 Å². The number of hydrogen-bond acceptors (Lipinski definition) is 2. The normalized spacial score (nSPS) is 12.1. The first-order valence-corrected chi connectivity index (χ1v) is 17.0. The predicted octanol–water partition coefficient (Wildman–Crippen LogP) is 12.4. The van der Waals surface area contributed by atoms with Gasteiger partial charge in [0, 0.05) is 52.8 Å². The Morgan fingerprint density at radius 3 is 1.62 bits per heavy atom. The van der Waals surface area contributed by atoms with E-state index < -0.39 is 34.6 Å². The van der Waals surface area contributed by atoms with Gasteiger partial charge in [0.2, 0.25) is 5.82 Å². The van der Waals surface area contributed by atoms with Crippen LogP contribution in [0.3, 0.4) is 0 Å². The van der Waals surface area contributed by atoms with Crippen molar-refractivity contribution in [2.75, 3.05) is 0 Å². The van der Waals surface area contributed by atoms with Gasteiger partial charge in [-0.2, -0.15) is 0 Å². The fourth-order valence-corrected chi connectivity index (χ4v) is 7.92. The van der Waals surface area contributed by atoms with E-state index in [2.05, 4.69) is 30.9 Å². The van der Waals surface area contributed by atoms with Crippen LogP contribution in [0.5, 0.6) is 0 Å². The van der Waals surface area contributed by atoms with Gasteiger partial charge in [-0.3, -0.25) is 0 Å². The van der Waals surface area contributed by atoms with E-state index in [1.807, 2.05) is 78.9 Å². The van der Waals surface area contributed by atoms with Crippen molar-refractivity contribution in [3.8, 4) is 32.7 Å². The van der Waals surface area contributed by atoms with E-state index in [9.17, 15) is 13.2 Å². The molecule has 244 valence electrons. The van der Waals surface area contributed by atoms with Crippen LogP contribution in [0.15, 0.2) is 95.5 Å². The molecule has 1 aliphatic rings. The Morgan fingerprint density at radius 1 is 0.500 bits per heavy atom. The quantitative estimate of drug-likeness (QED) is 0.0940. The molecule has 0 amide bonds. The number of benzene rings is 3. The van der Waals surface area contributed by atoms with E-state index in [-0.39, 0.29) is 16.8 Å². The van der Waals surface area contributed by atoms with Gasteiger partial charge in [0.1, 0.15) is 0 Å². The topological polar surface area (TPSA) is 60.3 Å². The van der Waals surface area contributed by atoms with Crippen LogP contribution in [-0.2, 0) is 0 Å². The number of aromatic nitrogens is 4. The average Bonchev–Trinajstić information content (AvgIpc) is 3.96. The summed E-state index contributed by atoms with van der Waals surface area (Å²) in [6.07, 6.45) is 3.21. The molecule has 0 aliphatic carbocycles. The molecular weight excluding hydrogens is 731 g/mol. The molecule has 11 heteroatoms. The van der Waals surface area contributed by atoms with Gasteiger partial charge in [0.05, 0.1) is 28.0 Å². The highest BCUT2D eigenvalue weighted by molar-refractivity contribution is 9.10. The second-order valence-electron chi connectivity index (χ2n) is 11.8. The van der Waals surface area contributed by atoms with Crippen LogP contribution in [0.4, 0.5) is 22.0 Å². The molecule has 8 aromatic rings. The first-order valence-electron chi connectivity index (χ1n) is 15.4. The van der Waals surface area contributed by atoms with E-state index in [0.29, 0.717) is 22.3 Å². The first-order chi connectivity index (χ1) is 24.2. The highest BCUT2D eigenvalue weighted by Crippen LogP contribution is 2.41. The minimum Gasteiger partial charge on any atom is -0.354 e. The number of halogens is 6. The van der Waals surface area contributed by atoms with Gasteiger partial charge in [0.25, 0.3) is 0 Å². The van der Waals surface area contributed by atoms with Gasteiger partial charge in [-0.1, -0.05) is 46.3 Å². The monoisotopic (exact) mass is 750 g/mol. The van der Waals surface area contributed by atoms with Crippen LogP contribution < -0.4 is 0 Å². The second-order valence-corrected chi connectivity index (χ2v) is 13.8. The van der Waals surface area contributed by atoms with Gasteiger partial charge in [-0.05, 0) is 83.8 Å². The highest BCUT2D eigenvalue weighted by atomic mass is 79.9. The summed E-state index contributed by atoms with van der Waals surface area (Å²) < 4.78 is 77.2. The predicted molar refractivity (Wildman–Crippen MR) is 194 cm³/mol. The van der Waals surface area contributed by atoms with Crippen LogP contribution >= 0.6 is 27.3 Å². The first kappa shape index (κ1) is 30.5. The maximum atomic E-state index is 15.7. The molecule has 5 aromatic heterocycles. The summed E-state index contributed by atoms with van der Waals surface area (Å²) >= 11 is 5.03. The lowest BCUT2D eigenvalue weighted by Gasteiger charge is -2.10. The zero-order valence-corrected chi connectivity index (χ0v) is 27.8. The van der Waals surface area contributed by atoms with Crippen LogP contribution in [0.2, 0.25) is 0 Å². The lowest BCUT2D eigenvalue weighted by Crippen LogP contribution is -2.05. The summed E-state index contributed by atoms with van der Waals surface area (Å²) in [5.74, 6) is -10.2. The third-order valence-electron chi connectivity index (χ3n) is 8.84. The largest absolute Gasteiger partial charge is 0.354 e. The molecule has 8 bridgehead atoms. The number of thiophene rings is 1. The summed E-state index contributed by atoms with van der Waals surface area (Å²) in [7, 11) is 0. The SMILES string of the molecule is Fc1c(F)c(F)c(-c2c3nc(c(-c4cc5ccccc5s4)c4ccc([nH]4)c4ccc([nH]4)c(-c4ccc(Br)cc4)c4ccc2[nH]4)C=C3)c(F)c1F. The molecule has 0 fully saturated rings. The van der Waals surface area contributed by atoms with Crippen molar-refractivity contribution < 1.29 is 22.0 Å². The molecule has 0 atom stereocenters. The average molecular weight is 752 g/mol. The van der Waals surface area contributed by atoms with E-state index in [0.717, 1.165) is 47.1 Å². The number of aromatic amines is 3. The van der Waals surface area contributed by atoms with Crippen LogP contribution in [0.25, 0.3) is 88.0 Å². The Balaban J connectivity index is 1.48. The molecule has 3 aromatic carbocycles. The minimum atomic E-state index is -2.24. The number of hydrogen-bond donors (Lipinski definition) is 3. The van der Waals surface area contributed by atoms with Gasteiger partial charge >= 0.3 is 0 Å². The summed E-state index contributed by atoms with van der Waals surface area (Å²) in [6, 6.07) is 28.6. The van der Waals surface area contributed by atoms with Gasteiger partial charge in [-0.25, -0.2) is 26.9 Å². The standard InChI is InChI=1S/C39H20BrF5N4S/c40-20-7-5-18(6-8-20)31-23-11-9-21(46-23)22-10-12-25(47-22)32(30-17-19-3-1-2-4-29(19)50-30)26-14-16-28(49-26)33(27-15-13-24(31)48-27)34-35(41)37(43)39(45)38(44)36(34)42/h1-17,46-48H. The Hall–Kier alpha value is -5.52. The van der Waals surface area contributed by atoms with Crippen molar-refractivity contribution in [1.29, 1.82) is 0 Å². The maximum absolute atomic E-state index is 15.7. The third kappa shape index (κ3) is 4.79. The number of nitrogens with one attached hydrogen (secondary N) is 3. The molecule has 50 heavy (non-hydrogen) atoms. The molecule has 3 N–H and O–H groups in total. The molecular formula is C39H20BrF5N4S. The summed E-state index contributed by atoms with van der Waals surface area (Å²) in [6.45, 7) is 0. The molecule has 0 spiro atoms. The molecule has 9 rings (SSSR count). The van der Waals surface area contributed by atoms with Crippen molar-refractivity contribution in [2.45, 2.75) is 0 Å². The molecule has 0 saturated heterocycles. The van der Waals surface area contributed by atoms with E-state index in [1.54, 1.807) is 29.5 Å². The molecule has 4 nitrogen and oxygen atoms in total. The van der Waals surface area contributed by atoms with Crippen molar-refractivity contribution in [1.82, 2.24) is 19.9 Å². The summed E-state index contributed by atoms with van der Waals surface area (Å²) in [4.78, 5) is 16.0. The van der Waals surface area contributed by atoms with E-state index in [1.165, 1.54) is 6.08 Å². The number of H-pyrrole nitrogens is 3. The molecule has 6 heterocycles. The van der Waals surface area contributed by atoms with Gasteiger partial charge < -0.3 is 15.0 Å². The van der Waals surface area contributed by atoms with Crippen molar-refractivity contribution in [2.24, 2.45) is 0 Å². The zero-order valence-electron chi connectivity index (χ0n) is 25.4. The van der Waals surface area contributed by atoms with E-state index >= 15 is 8.78 Å². The second kappa shape index (κ2) is 11.5. The summed E-state index contributed by atoms with van der Waals surface area (Å²) in [5.41, 5.74) is 5.01. The molecule has 0 unspecified atom stereocenters. The minimum absolute atomic E-state index is 0.0173. The Labute approximate surface area is 292 Å². The third-order valence-corrected chi connectivity index (χ3v) is 10.5. The number of rotatable bonds is 3. The fourth-order valence-electron chi connectivity index (χ4n) is 6.52. The van der Waals surface area contributed by atoms with Crippen LogP contribution in [-0.4, -0.2) is 19.9 Å². The lowest BCUT2D eigenvalue weighted by atomic mass is 10.0. The van der Waals surface area contributed by atoms with Gasteiger partial charge in [0.15, 0.2) is 23.3 Å². The van der Waals surface area contributed by atoms with E-state index in [4.69, 9.17) is 4.98 Å². The fraction of sp³-hybridized carbons (Fsp3) is 0. The van der Waals surface area contributed by atoms with Crippen molar-refractivity contribution in [3.05, 3.63) is 136 Å². The zero-order chi connectivity index (χ0) is 34.3.